The molecular formula is C14H25N3O2. The number of nitrogens with one attached hydrogen (secondary N) is 1. The van der Waals surface area contributed by atoms with Gasteiger partial charge in [-0.3, -0.25) is 4.68 Å². The Bertz CT molecular complexity index is 411. The smallest absolute Gasteiger partial charge is 0.0644 e. The standard InChI is InChI=1S/C14H25N3O2/c1-10(13-4-7-19-9-13)15-8-14-11(2)16-17(5-6-18)12(14)3/h10,13,15,18H,4-9H2,1-3H3. The summed E-state index contributed by atoms with van der Waals surface area (Å²) in [5.41, 5.74) is 3.45. The van der Waals surface area contributed by atoms with E-state index in [-0.39, 0.29) is 6.61 Å². The topological polar surface area (TPSA) is 59.3 Å². The summed E-state index contributed by atoms with van der Waals surface area (Å²) < 4.78 is 7.31. The molecule has 0 spiro atoms. The third-order valence-corrected chi connectivity index (χ3v) is 4.12. The Morgan fingerprint density at radius 2 is 2.32 bits per heavy atom. The van der Waals surface area contributed by atoms with Gasteiger partial charge in [0.1, 0.15) is 0 Å². The lowest BCUT2D eigenvalue weighted by Crippen LogP contribution is -2.33. The Morgan fingerprint density at radius 1 is 1.53 bits per heavy atom. The molecule has 5 heteroatoms. The molecule has 2 atom stereocenters. The molecule has 1 saturated heterocycles. The second-order valence-electron chi connectivity index (χ2n) is 5.39. The van der Waals surface area contributed by atoms with E-state index in [0.29, 0.717) is 18.5 Å². The van der Waals surface area contributed by atoms with Gasteiger partial charge in [0.05, 0.1) is 25.5 Å². The van der Waals surface area contributed by atoms with Crippen molar-refractivity contribution >= 4 is 0 Å². The summed E-state index contributed by atoms with van der Waals surface area (Å²) in [5.74, 6) is 0.619. The number of aryl methyl sites for hydroxylation is 1. The molecule has 1 fully saturated rings. The van der Waals surface area contributed by atoms with Crippen LogP contribution in [0.5, 0.6) is 0 Å². The summed E-state index contributed by atoms with van der Waals surface area (Å²) in [5, 5.41) is 17.1. The second kappa shape index (κ2) is 6.50. The van der Waals surface area contributed by atoms with E-state index in [4.69, 9.17) is 9.84 Å². The first-order chi connectivity index (χ1) is 9.13. The van der Waals surface area contributed by atoms with Gasteiger partial charge in [0.2, 0.25) is 0 Å². The summed E-state index contributed by atoms with van der Waals surface area (Å²) in [6, 6.07) is 0.461. The van der Waals surface area contributed by atoms with Crippen LogP contribution in [0.2, 0.25) is 0 Å². The minimum Gasteiger partial charge on any atom is -0.394 e. The highest BCUT2D eigenvalue weighted by molar-refractivity contribution is 5.24. The molecule has 0 amide bonds. The lowest BCUT2D eigenvalue weighted by atomic mass is 10.0. The molecule has 0 radical (unpaired) electrons. The first-order valence-electron chi connectivity index (χ1n) is 7.08. The average Bonchev–Trinajstić information content (AvgIpc) is 2.99. The molecule has 2 rings (SSSR count). The number of hydrogen-bond donors (Lipinski definition) is 2. The molecule has 0 bridgehead atoms. The number of hydrogen-bond acceptors (Lipinski definition) is 4. The van der Waals surface area contributed by atoms with Gasteiger partial charge in [-0.1, -0.05) is 0 Å². The lowest BCUT2D eigenvalue weighted by Gasteiger charge is -2.19. The van der Waals surface area contributed by atoms with Gasteiger partial charge in [0, 0.05) is 30.5 Å². The highest BCUT2D eigenvalue weighted by Crippen LogP contribution is 2.18. The van der Waals surface area contributed by atoms with Gasteiger partial charge in [-0.2, -0.15) is 5.10 Å². The molecule has 1 aliphatic heterocycles. The molecule has 2 unspecified atom stereocenters. The number of nitrogens with zero attached hydrogens (tertiary/aromatic N) is 2. The number of aliphatic hydroxyl groups is 1. The van der Waals surface area contributed by atoms with E-state index in [2.05, 4.69) is 24.3 Å². The average molecular weight is 267 g/mol. The van der Waals surface area contributed by atoms with Crippen molar-refractivity contribution in [3.8, 4) is 0 Å². The Kier molecular flexibility index (Phi) is 4.96. The fraction of sp³-hybridized carbons (Fsp3) is 0.786. The Labute approximate surface area is 115 Å². The van der Waals surface area contributed by atoms with Crippen molar-refractivity contribution in [2.24, 2.45) is 5.92 Å². The van der Waals surface area contributed by atoms with Gasteiger partial charge in [-0.05, 0) is 33.1 Å². The summed E-state index contributed by atoms with van der Waals surface area (Å²) in [4.78, 5) is 0. The van der Waals surface area contributed by atoms with Crippen LogP contribution in [0.15, 0.2) is 0 Å². The zero-order chi connectivity index (χ0) is 13.8. The number of aromatic nitrogens is 2. The normalized spacial score (nSPS) is 20.9. The first-order valence-corrected chi connectivity index (χ1v) is 7.08. The van der Waals surface area contributed by atoms with Crippen molar-refractivity contribution in [1.82, 2.24) is 15.1 Å². The first kappa shape index (κ1) is 14.5. The molecule has 2 N–H and O–H groups in total. The summed E-state index contributed by atoms with van der Waals surface area (Å²) in [7, 11) is 0. The van der Waals surface area contributed by atoms with Crippen molar-refractivity contribution in [2.45, 2.75) is 46.3 Å². The van der Waals surface area contributed by atoms with Crippen molar-refractivity contribution in [3.63, 3.8) is 0 Å². The predicted molar refractivity (Wildman–Crippen MR) is 74.0 cm³/mol. The predicted octanol–water partition coefficient (Wildman–Crippen LogP) is 1.01. The fourth-order valence-corrected chi connectivity index (χ4v) is 2.68. The van der Waals surface area contributed by atoms with Crippen molar-refractivity contribution in [1.29, 1.82) is 0 Å². The largest absolute Gasteiger partial charge is 0.394 e. The molecule has 2 heterocycles. The molecule has 19 heavy (non-hydrogen) atoms. The van der Waals surface area contributed by atoms with Gasteiger partial charge in [0.25, 0.3) is 0 Å². The van der Waals surface area contributed by atoms with E-state index in [0.717, 1.165) is 37.6 Å². The van der Waals surface area contributed by atoms with Crippen LogP contribution in [0.1, 0.15) is 30.3 Å². The van der Waals surface area contributed by atoms with Crippen LogP contribution >= 0.6 is 0 Å². The molecule has 0 aromatic carbocycles. The van der Waals surface area contributed by atoms with Crippen LogP contribution in [0.4, 0.5) is 0 Å². The van der Waals surface area contributed by atoms with E-state index >= 15 is 0 Å². The van der Waals surface area contributed by atoms with Gasteiger partial charge in [-0.25, -0.2) is 0 Å². The monoisotopic (exact) mass is 267 g/mol. The molecule has 1 aromatic rings. The maximum Gasteiger partial charge on any atom is 0.0644 e. The lowest BCUT2D eigenvalue weighted by molar-refractivity contribution is 0.178. The molecule has 5 nitrogen and oxygen atoms in total. The van der Waals surface area contributed by atoms with E-state index in [1.807, 2.05) is 11.6 Å². The van der Waals surface area contributed by atoms with Crippen molar-refractivity contribution in [2.75, 3.05) is 19.8 Å². The van der Waals surface area contributed by atoms with Crippen LogP contribution < -0.4 is 5.32 Å². The van der Waals surface area contributed by atoms with Crippen LogP contribution in [0.3, 0.4) is 0 Å². The van der Waals surface area contributed by atoms with Gasteiger partial charge >= 0.3 is 0 Å². The SMILES string of the molecule is Cc1nn(CCO)c(C)c1CNC(C)C1CCOC1. The van der Waals surface area contributed by atoms with Gasteiger partial charge in [0.15, 0.2) is 0 Å². The zero-order valence-electron chi connectivity index (χ0n) is 12.1. The number of rotatable bonds is 6. The van der Waals surface area contributed by atoms with Crippen molar-refractivity contribution in [3.05, 3.63) is 17.0 Å². The molecule has 1 aromatic heterocycles. The zero-order valence-corrected chi connectivity index (χ0v) is 12.1. The van der Waals surface area contributed by atoms with Crippen LogP contribution in [-0.4, -0.2) is 40.7 Å². The van der Waals surface area contributed by atoms with E-state index in [9.17, 15) is 0 Å². The van der Waals surface area contributed by atoms with Crippen LogP contribution in [0.25, 0.3) is 0 Å². The van der Waals surface area contributed by atoms with E-state index in [1.165, 1.54) is 5.56 Å². The quantitative estimate of drug-likeness (QED) is 0.807. The van der Waals surface area contributed by atoms with Crippen molar-refractivity contribution < 1.29 is 9.84 Å². The minimum absolute atomic E-state index is 0.130. The molecule has 0 aliphatic carbocycles. The summed E-state index contributed by atoms with van der Waals surface area (Å²) in [6.45, 7) is 9.61. The maximum absolute atomic E-state index is 9.02. The maximum atomic E-state index is 9.02. The highest BCUT2D eigenvalue weighted by Gasteiger charge is 2.22. The highest BCUT2D eigenvalue weighted by atomic mass is 16.5. The Balaban J connectivity index is 1.95. The number of ether oxygens (including phenoxy) is 1. The Morgan fingerprint density at radius 3 is 2.95 bits per heavy atom. The summed E-state index contributed by atoms with van der Waals surface area (Å²) >= 11 is 0. The number of aliphatic hydroxyl groups excluding tert-OH is 1. The third-order valence-electron chi connectivity index (χ3n) is 4.12. The molecule has 1 aliphatic rings. The molecule has 0 saturated carbocycles. The Hall–Kier alpha value is -0.910. The van der Waals surface area contributed by atoms with E-state index < -0.39 is 0 Å². The second-order valence-corrected chi connectivity index (χ2v) is 5.39. The van der Waals surface area contributed by atoms with Gasteiger partial charge < -0.3 is 15.2 Å². The summed E-state index contributed by atoms with van der Waals surface area (Å²) in [6.07, 6.45) is 1.15. The van der Waals surface area contributed by atoms with Crippen LogP contribution in [-0.2, 0) is 17.8 Å². The minimum atomic E-state index is 0.130. The molecular weight excluding hydrogens is 242 g/mol. The van der Waals surface area contributed by atoms with E-state index in [1.54, 1.807) is 0 Å². The molecule has 108 valence electrons. The third kappa shape index (κ3) is 3.35. The van der Waals surface area contributed by atoms with Crippen LogP contribution in [0, 0.1) is 19.8 Å². The fourth-order valence-electron chi connectivity index (χ4n) is 2.68. The van der Waals surface area contributed by atoms with Gasteiger partial charge in [-0.15, -0.1) is 0 Å².